The molecule has 4 rings (SSSR count). The van der Waals surface area contributed by atoms with Gasteiger partial charge in [-0.1, -0.05) is 48.5 Å². The van der Waals surface area contributed by atoms with Gasteiger partial charge in [-0.3, -0.25) is 4.79 Å². The molecule has 0 aliphatic heterocycles. The number of aliphatic hydroxyl groups is 1. The maximum absolute atomic E-state index is 12.1. The summed E-state index contributed by atoms with van der Waals surface area (Å²) in [7, 11) is 1.69. The van der Waals surface area contributed by atoms with Crippen LogP contribution >= 0.6 is 0 Å². The van der Waals surface area contributed by atoms with Crippen LogP contribution in [0.1, 0.15) is 34.2 Å². The summed E-state index contributed by atoms with van der Waals surface area (Å²) >= 11 is 0. The Kier molecular flexibility index (Phi) is 7.53. The standard InChI is InChI=1S/C28H28N6O3/c1-3-21(18-11-9-17(10-12-18)16-31-28(37)32-20-7-5-4-6-8-20)25(35)24(30-2)27-33-22-14-13-19(26(29)36)15-23(22)34-27/h3-15,30,35H,16H2,1-2H3,(H2,29,36)(H,33,34)(H2,31,32,37)/b21-3?,25-24+. The van der Waals surface area contributed by atoms with Gasteiger partial charge in [0.15, 0.2) is 5.82 Å². The van der Waals surface area contributed by atoms with Gasteiger partial charge in [-0.05, 0) is 48.4 Å². The number of anilines is 1. The first kappa shape index (κ1) is 25.1. The Hall–Kier alpha value is -5.05. The fourth-order valence-electron chi connectivity index (χ4n) is 3.89. The van der Waals surface area contributed by atoms with E-state index in [2.05, 4.69) is 25.9 Å². The van der Waals surface area contributed by atoms with E-state index in [0.29, 0.717) is 45.9 Å². The molecular weight excluding hydrogens is 468 g/mol. The number of hydrogen-bond acceptors (Lipinski definition) is 5. The number of amides is 3. The minimum absolute atomic E-state index is 0.00675. The highest BCUT2D eigenvalue weighted by atomic mass is 16.3. The lowest BCUT2D eigenvalue weighted by Crippen LogP contribution is -2.28. The van der Waals surface area contributed by atoms with Gasteiger partial charge >= 0.3 is 6.03 Å². The Morgan fingerprint density at radius 3 is 2.38 bits per heavy atom. The number of carbonyl (C=O) groups excluding carboxylic acids is 2. The first-order valence-electron chi connectivity index (χ1n) is 11.7. The lowest BCUT2D eigenvalue weighted by Gasteiger charge is -2.13. The van der Waals surface area contributed by atoms with Gasteiger partial charge in [0.2, 0.25) is 5.91 Å². The molecular formula is C28H28N6O3. The van der Waals surface area contributed by atoms with Crippen LogP contribution in [0.3, 0.4) is 0 Å². The van der Waals surface area contributed by atoms with E-state index < -0.39 is 5.91 Å². The van der Waals surface area contributed by atoms with E-state index >= 15 is 0 Å². The van der Waals surface area contributed by atoms with E-state index in [1.165, 1.54) is 0 Å². The number of para-hydroxylation sites is 1. The Bertz CT molecular complexity index is 1490. The van der Waals surface area contributed by atoms with Gasteiger partial charge in [-0.25, -0.2) is 9.78 Å². The summed E-state index contributed by atoms with van der Waals surface area (Å²) in [6.45, 7) is 2.18. The maximum atomic E-state index is 12.1. The molecule has 188 valence electrons. The monoisotopic (exact) mass is 496 g/mol. The number of urea groups is 1. The molecule has 0 radical (unpaired) electrons. The first-order chi connectivity index (χ1) is 17.9. The van der Waals surface area contributed by atoms with Crippen molar-refractivity contribution in [3.8, 4) is 0 Å². The quantitative estimate of drug-likeness (QED) is 0.157. The van der Waals surface area contributed by atoms with Gasteiger partial charge in [0, 0.05) is 30.4 Å². The maximum Gasteiger partial charge on any atom is 0.319 e. The van der Waals surface area contributed by atoms with Crippen molar-refractivity contribution in [2.24, 2.45) is 5.73 Å². The van der Waals surface area contributed by atoms with Crippen molar-refractivity contribution in [2.45, 2.75) is 13.5 Å². The average molecular weight is 497 g/mol. The predicted molar refractivity (Wildman–Crippen MR) is 146 cm³/mol. The van der Waals surface area contributed by atoms with Crippen molar-refractivity contribution < 1.29 is 14.7 Å². The zero-order valence-electron chi connectivity index (χ0n) is 20.5. The van der Waals surface area contributed by atoms with Gasteiger partial charge in [0.25, 0.3) is 0 Å². The highest BCUT2D eigenvalue weighted by molar-refractivity contribution is 5.96. The number of aromatic amines is 1. The average Bonchev–Trinajstić information content (AvgIpc) is 3.32. The van der Waals surface area contributed by atoms with Crippen LogP contribution in [0, 0.1) is 0 Å². The number of benzene rings is 3. The summed E-state index contributed by atoms with van der Waals surface area (Å²) < 4.78 is 0. The van der Waals surface area contributed by atoms with Gasteiger partial charge in [0.1, 0.15) is 11.5 Å². The van der Waals surface area contributed by atoms with Crippen molar-refractivity contribution in [1.82, 2.24) is 20.6 Å². The molecule has 9 heteroatoms. The molecule has 0 saturated heterocycles. The van der Waals surface area contributed by atoms with E-state index in [9.17, 15) is 14.7 Å². The number of rotatable bonds is 8. The van der Waals surface area contributed by atoms with Crippen LogP contribution in [0.2, 0.25) is 0 Å². The Balaban J connectivity index is 1.51. The lowest BCUT2D eigenvalue weighted by molar-refractivity contribution is 0.100. The number of nitrogens with one attached hydrogen (secondary N) is 4. The second kappa shape index (κ2) is 11.1. The number of allylic oxidation sites excluding steroid dienone is 2. The highest BCUT2D eigenvalue weighted by Gasteiger charge is 2.17. The number of nitrogens with two attached hydrogens (primary N) is 1. The van der Waals surface area contributed by atoms with Crippen molar-refractivity contribution >= 4 is 39.9 Å². The molecule has 7 N–H and O–H groups in total. The molecule has 0 aliphatic carbocycles. The van der Waals surface area contributed by atoms with Crippen LogP contribution in [-0.2, 0) is 6.54 Å². The normalized spacial score (nSPS) is 12.1. The Morgan fingerprint density at radius 1 is 1.03 bits per heavy atom. The van der Waals surface area contributed by atoms with Crippen LogP contribution in [0.25, 0.3) is 22.3 Å². The van der Waals surface area contributed by atoms with Crippen LogP contribution in [-0.4, -0.2) is 34.1 Å². The molecule has 3 amide bonds. The zero-order valence-corrected chi connectivity index (χ0v) is 20.5. The van der Waals surface area contributed by atoms with Crippen LogP contribution in [0.4, 0.5) is 10.5 Å². The second-order valence-electron chi connectivity index (χ2n) is 8.23. The smallest absolute Gasteiger partial charge is 0.319 e. The fraction of sp³-hybridized carbons (Fsp3) is 0.107. The van der Waals surface area contributed by atoms with Gasteiger partial charge < -0.3 is 31.8 Å². The molecule has 9 nitrogen and oxygen atoms in total. The van der Waals surface area contributed by atoms with Crippen LogP contribution < -0.4 is 21.7 Å². The Morgan fingerprint density at radius 2 is 1.73 bits per heavy atom. The van der Waals surface area contributed by atoms with Crippen molar-refractivity contribution in [3.05, 3.63) is 107 Å². The molecule has 0 aliphatic rings. The molecule has 0 spiro atoms. The summed E-state index contributed by atoms with van der Waals surface area (Å²) in [5.74, 6) is -0.106. The number of nitrogens with zero attached hydrogens (tertiary/aromatic N) is 1. The third kappa shape index (κ3) is 5.79. The number of aliphatic hydroxyl groups excluding tert-OH is 1. The number of hydrogen-bond donors (Lipinski definition) is 6. The van der Waals surface area contributed by atoms with Crippen molar-refractivity contribution in [3.63, 3.8) is 0 Å². The number of H-pyrrole nitrogens is 1. The summed E-state index contributed by atoms with van der Waals surface area (Å²) in [6, 6.07) is 21.4. The number of primary amides is 1. The van der Waals surface area contributed by atoms with Crippen LogP contribution in [0.5, 0.6) is 0 Å². The Labute approximate surface area is 214 Å². The minimum atomic E-state index is -0.531. The zero-order chi connectivity index (χ0) is 26.4. The first-order valence-corrected chi connectivity index (χ1v) is 11.7. The van der Waals surface area contributed by atoms with Gasteiger partial charge in [-0.15, -0.1) is 0 Å². The van der Waals surface area contributed by atoms with Crippen LogP contribution in [0.15, 0.2) is 84.6 Å². The second-order valence-corrected chi connectivity index (χ2v) is 8.23. The number of aromatic nitrogens is 2. The number of carbonyl (C=O) groups is 2. The molecule has 4 aromatic rings. The molecule has 0 bridgehead atoms. The van der Waals surface area contributed by atoms with Crippen molar-refractivity contribution in [2.75, 3.05) is 12.4 Å². The summed E-state index contributed by atoms with van der Waals surface area (Å²) in [5.41, 5.74) is 10.4. The lowest BCUT2D eigenvalue weighted by atomic mass is 10.0. The number of imidazole rings is 1. The molecule has 0 unspecified atom stereocenters. The summed E-state index contributed by atoms with van der Waals surface area (Å²) in [5, 5.41) is 19.8. The predicted octanol–water partition coefficient (Wildman–Crippen LogP) is 4.53. The molecule has 0 saturated carbocycles. The van der Waals surface area contributed by atoms with E-state index in [1.807, 2.05) is 61.5 Å². The van der Waals surface area contributed by atoms with E-state index in [0.717, 1.165) is 11.1 Å². The van der Waals surface area contributed by atoms with Gasteiger partial charge in [0.05, 0.1) is 11.0 Å². The molecule has 3 aromatic carbocycles. The third-order valence-corrected chi connectivity index (χ3v) is 5.78. The molecule has 0 atom stereocenters. The van der Waals surface area contributed by atoms with E-state index in [4.69, 9.17) is 5.73 Å². The van der Waals surface area contributed by atoms with E-state index in [1.54, 1.807) is 31.3 Å². The summed E-state index contributed by atoms with van der Waals surface area (Å²) in [4.78, 5) is 31.3. The molecule has 37 heavy (non-hydrogen) atoms. The highest BCUT2D eigenvalue weighted by Crippen LogP contribution is 2.27. The SMILES string of the molecule is CC=C(/C(O)=C(\NC)c1nc2ccc(C(N)=O)cc2[nH]1)c1ccc(CNC(=O)Nc2ccccc2)cc1. The van der Waals surface area contributed by atoms with Crippen molar-refractivity contribution in [1.29, 1.82) is 0 Å². The number of fused-ring (bicyclic) bond motifs is 1. The molecule has 1 aromatic heterocycles. The topological polar surface area (TPSA) is 145 Å². The van der Waals surface area contributed by atoms with E-state index in [-0.39, 0.29) is 11.8 Å². The third-order valence-electron chi connectivity index (χ3n) is 5.78. The summed E-state index contributed by atoms with van der Waals surface area (Å²) in [6.07, 6.45) is 1.81. The fourth-order valence-corrected chi connectivity index (χ4v) is 3.89. The largest absolute Gasteiger partial charge is 0.505 e. The molecule has 1 heterocycles. The minimum Gasteiger partial charge on any atom is -0.505 e. The molecule has 0 fully saturated rings. The van der Waals surface area contributed by atoms with Gasteiger partial charge in [-0.2, -0.15) is 0 Å².